The summed E-state index contributed by atoms with van der Waals surface area (Å²) < 4.78 is 0. The summed E-state index contributed by atoms with van der Waals surface area (Å²) in [6.45, 7) is 4.35. The highest BCUT2D eigenvalue weighted by molar-refractivity contribution is 6.22. The molecule has 206 valence electrons. The first-order chi connectivity index (χ1) is 21.1. The van der Waals surface area contributed by atoms with Crippen LogP contribution in [0.4, 0.5) is 0 Å². The van der Waals surface area contributed by atoms with Crippen LogP contribution < -0.4 is 5.73 Å². The monoisotopic (exact) mass is 552 g/mol. The molecule has 0 atom stereocenters. The van der Waals surface area contributed by atoms with Crippen molar-refractivity contribution in [3.63, 3.8) is 0 Å². The second kappa shape index (κ2) is 11.1. The topological polar surface area (TPSA) is 38.9 Å². The minimum absolute atomic E-state index is 0.718. The van der Waals surface area contributed by atoms with Gasteiger partial charge in [0.25, 0.3) is 0 Å². The number of rotatable bonds is 5. The fourth-order valence-corrected chi connectivity index (χ4v) is 6.16. The van der Waals surface area contributed by atoms with Gasteiger partial charge in [-0.25, -0.2) is 0 Å². The van der Waals surface area contributed by atoms with Crippen LogP contribution in [-0.4, -0.2) is 4.98 Å². The molecule has 0 saturated carbocycles. The first kappa shape index (κ1) is 26.4. The van der Waals surface area contributed by atoms with E-state index in [2.05, 4.69) is 134 Å². The third kappa shape index (κ3) is 4.87. The Balaban J connectivity index is 1.43. The minimum atomic E-state index is 0.718. The molecule has 0 saturated heterocycles. The van der Waals surface area contributed by atoms with E-state index in [0.717, 1.165) is 16.8 Å². The summed E-state index contributed by atoms with van der Waals surface area (Å²) in [4.78, 5) is 4.10. The molecule has 0 unspecified atom stereocenters. The largest absolute Gasteiger partial charge is 0.398 e. The van der Waals surface area contributed by atoms with Crippen LogP contribution in [0.15, 0.2) is 146 Å². The molecule has 2 heteroatoms. The van der Waals surface area contributed by atoms with E-state index in [4.69, 9.17) is 5.73 Å². The van der Waals surface area contributed by atoms with E-state index in [0.29, 0.717) is 0 Å². The van der Waals surface area contributed by atoms with Crippen LogP contribution >= 0.6 is 0 Å². The average molecular weight is 553 g/mol. The van der Waals surface area contributed by atoms with Gasteiger partial charge in [-0.05, 0) is 115 Å². The number of fused-ring (bicyclic) bond motifs is 3. The number of aromatic nitrogens is 1. The summed E-state index contributed by atoms with van der Waals surface area (Å²) in [5.74, 6) is 0. The van der Waals surface area contributed by atoms with Gasteiger partial charge in [-0.1, -0.05) is 103 Å². The summed E-state index contributed by atoms with van der Waals surface area (Å²) >= 11 is 0. The molecular formula is C41H32N2. The molecule has 2 nitrogen and oxygen atoms in total. The third-order valence-corrected chi connectivity index (χ3v) is 8.46. The molecule has 0 fully saturated rings. The molecule has 0 aliphatic heterocycles. The van der Waals surface area contributed by atoms with E-state index >= 15 is 0 Å². The molecule has 0 aliphatic rings. The van der Waals surface area contributed by atoms with Gasteiger partial charge in [-0.3, -0.25) is 4.98 Å². The Kier molecular flexibility index (Phi) is 6.81. The zero-order valence-electron chi connectivity index (χ0n) is 24.4. The van der Waals surface area contributed by atoms with Crippen molar-refractivity contribution in [1.29, 1.82) is 0 Å². The molecule has 1 heterocycles. The van der Waals surface area contributed by atoms with Crippen molar-refractivity contribution >= 4 is 43.6 Å². The Morgan fingerprint density at radius 2 is 1.19 bits per heavy atom. The van der Waals surface area contributed by atoms with Crippen molar-refractivity contribution in [3.05, 3.63) is 163 Å². The summed E-state index contributed by atoms with van der Waals surface area (Å²) in [7, 11) is 0. The van der Waals surface area contributed by atoms with Crippen LogP contribution in [0.3, 0.4) is 0 Å². The van der Waals surface area contributed by atoms with E-state index in [1.807, 2.05) is 18.2 Å². The van der Waals surface area contributed by atoms with Crippen LogP contribution in [0, 0.1) is 6.92 Å². The number of hydrogen-bond acceptors (Lipinski definition) is 2. The molecule has 0 radical (unpaired) electrons. The first-order valence-electron chi connectivity index (χ1n) is 14.7. The maximum atomic E-state index is 6.37. The fraction of sp³-hybridized carbons (Fsp3) is 0.0488. The van der Waals surface area contributed by atoms with Gasteiger partial charge in [0.2, 0.25) is 0 Å². The summed E-state index contributed by atoms with van der Waals surface area (Å²) in [6, 6.07) is 43.7. The number of nitrogens with zero attached hydrogens (tertiary/aromatic N) is 1. The Bertz CT molecular complexity index is 2150. The highest BCUT2D eigenvalue weighted by atomic mass is 14.6. The molecule has 0 amide bonds. The van der Waals surface area contributed by atoms with Gasteiger partial charge in [0, 0.05) is 23.7 Å². The molecule has 2 N–H and O–H groups in total. The molecule has 7 rings (SSSR count). The summed E-state index contributed by atoms with van der Waals surface area (Å²) in [5, 5.41) is 7.54. The van der Waals surface area contributed by atoms with Gasteiger partial charge < -0.3 is 5.73 Å². The van der Waals surface area contributed by atoms with Gasteiger partial charge in [0.05, 0.1) is 0 Å². The summed E-state index contributed by atoms with van der Waals surface area (Å²) in [5.41, 5.74) is 16.7. The Labute approximate surface area is 252 Å². The molecule has 0 bridgehead atoms. The van der Waals surface area contributed by atoms with Crippen molar-refractivity contribution in [1.82, 2.24) is 4.98 Å². The quantitative estimate of drug-likeness (QED) is 0.170. The van der Waals surface area contributed by atoms with Crippen molar-refractivity contribution in [2.45, 2.75) is 13.8 Å². The lowest BCUT2D eigenvalue weighted by Crippen LogP contribution is -1.95. The number of allylic oxidation sites excluding steroid dienone is 3. The van der Waals surface area contributed by atoms with E-state index in [1.165, 1.54) is 65.7 Å². The van der Waals surface area contributed by atoms with Crippen molar-refractivity contribution < 1.29 is 0 Å². The lowest BCUT2D eigenvalue weighted by molar-refractivity contribution is 1.31. The maximum absolute atomic E-state index is 6.37. The lowest BCUT2D eigenvalue weighted by Gasteiger charge is -2.19. The first-order valence-corrected chi connectivity index (χ1v) is 14.7. The highest BCUT2D eigenvalue weighted by Crippen LogP contribution is 2.45. The maximum Gasteiger partial charge on any atom is 0.0388 e. The molecule has 43 heavy (non-hydrogen) atoms. The van der Waals surface area contributed by atoms with E-state index in [-0.39, 0.29) is 0 Å². The third-order valence-electron chi connectivity index (χ3n) is 8.46. The predicted octanol–water partition coefficient (Wildman–Crippen LogP) is 10.6. The molecule has 0 aliphatic carbocycles. The second-order valence-electron chi connectivity index (χ2n) is 11.1. The zero-order chi connectivity index (χ0) is 29.3. The minimum Gasteiger partial charge on any atom is -0.398 e. The van der Waals surface area contributed by atoms with Gasteiger partial charge in [0.15, 0.2) is 0 Å². The number of nitrogens with two attached hydrogens (primary N) is 1. The van der Waals surface area contributed by atoms with E-state index < -0.39 is 0 Å². The van der Waals surface area contributed by atoms with Gasteiger partial charge in [-0.2, -0.15) is 0 Å². The van der Waals surface area contributed by atoms with E-state index in [9.17, 15) is 0 Å². The Hall–Kier alpha value is -5.47. The molecular weight excluding hydrogens is 520 g/mol. The van der Waals surface area contributed by atoms with Gasteiger partial charge in [0.1, 0.15) is 0 Å². The van der Waals surface area contributed by atoms with Crippen LogP contribution in [0.25, 0.3) is 65.8 Å². The standard InChI is InChI=1S/C41H32N2/c1-27(16-20-39(42)30-21-23-43-24-22-30)31-17-15-28(2)38(26-31)41-36-13-7-5-11-34(36)40(35-12-6-8-14-37(35)41)33-19-18-29-9-3-4-10-32(29)25-33/h3-26H,42H2,1-2H3/b27-16+,39-20-. The zero-order valence-corrected chi connectivity index (χ0v) is 24.4. The molecule has 1 aromatic heterocycles. The van der Waals surface area contributed by atoms with Crippen molar-refractivity contribution in [3.8, 4) is 22.3 Å². The lowest BCUT2D eigenvalue weighted by atomic mass is 9.84. The van der Waals surface area contributed by atoms with E-state index in [1.54, 1.807) is 12.4 Å². The molecule has 6 aromatic carbocycles. The Morgan fingerprint density at radius 3 is 1.86 bits per heavy atom. The van der Waals surface area contributed by atoms with Crippen LogP contribution in [0.5, 0.6) is 0 Å². The molecule has 0 spiro atoms. The van der Waals surface area contributed by atoms with Crippen LogP contribution in [0.2, 0.25) is 0 Å². The number of pyridine rings is 1. The number of hydrogen-bond donors (Lipinski definition) is 1. The van der Waals surface area contributed by atoms with Gasteiger partial charge in [-0.15, -0.1) is 0 Å². The normalized spacial score (nSPS) is 12.3. The van der Waals surface area contributed by atoms with Crippen LogP contribution in [-0.2, 0) is 0 Å². The number of benzene rings is 6. The fourth-order valence-electron chi connectivity index (χ4n) is 6.16. The number of aryl methyl sites for hydroxylation is 1. The average Bonchev–Trinajstić information content (AvgIpc) is 3.06. The van der Waals surface area contributed by atoms with Crippen molar-refractivity contribution in [2.75, 3.05) is 0 Å². The summed E-state index contributed by atoms with van der Waals surface area (Å²) in [6.07, 6.45) is 7.61. The second-order valence-corrected chi connectivity index (χ2v) is 11.1. The predicted molar refractivity (Wildman–Crippen MR) is 185 cm³/mol. The SMILES string of the molecule is C/C(=C\C=C(/N)c1ccncc1)c1ccc(C)c(-c2c3ccccc3c(-c3ccc4ccccc4c3)c3ccccc23)c1. The van der Waals surface area contributed by atoms with Crippen LogP contribution in [0.1, 0.15) is 23.6 Å². The smallest absolute Gasteiger partial charge is 0.0388 e. The van der Waals surface area contributed by atoms with Gasteiger partial charge >= 0.3 is 0 Å². The van der Waals surface area contributed by atoms with Crippen molar-refractivity contribution in [2.24, 2.45) is 5.73 Å². The highest BCUT2D eigenvalue weighted by Gasteiger charge is 2.18. The molecule has 7 aromatic rings. The Morgan fingerprint density at radius 1 is 0.581 bits per heavy atom.